The molecule has 30 heavy (non-hydrogen) atoms. The number of hydrogen-bond donors (Lipinski definition) is 2. The van der Waals surface area contributed by atoms with E-state index in [-0.39, 0.29) is 22.6 Å². The van der Waals surface area contributed by atoms with Gasteiger partial charge in [-0.05, 0) is 56.6 Å². The number of hydrogen-bond acceptors (Lipinski definition) is 5. The van der Waals surface area contributed by atoms with Gasteiger partial charge >= 0.3 is 0 Å². The monoisotopic (exact) mass is 435 g/mol. The Bertz CT molecular complexity index is 1010. The van der Waals surface area contributed by atoms with Gasteiger partial charge in [0.05, 0.1) is 17.9 Å². The van der Waals surface area contributed by atoms with Crippen molar-refractivity contribution in [2.75, 3.05) is 32.1 Å². The molecule has 1 aliphatic rings. The number of nitrogens with zero attached hydrogens (tertiary/aromatic N) is 1. The molecule has 0 radical (unpaired) electrons. The number of sulfonamides is 1. The van der Waals surface area contributed by atoms with Crippen LogP contribution in [0.4, 0.5) is 10.1 Å². The van der Waals surface area contributed by atoms with E-state index in [1.165, 1.54) is 24.3 Å². The Labute approximate surface area is 176 Å². The molecule has 3 rings (SSSR count). The number of primary sulfonamides is 1. The normalized spacial score (nSPS) is 15.7. The van der Waals surface area contributed by atoms with Gasteiger partial charge in [-0.1, -0.05) is 18.2 Å². The van der Waals surface area contributed by atoms with Gasteiger partial charge in [-0.15, -0.1) is 0 Å². The second-order valence-electron chi connectivity index (χ2n) is 7.61. The Balaban J connectivity index is 1.72. The van der Waals surface area contributed by atoms with Crippen molar-refractivity contribution in [3.05, 3.63) is 53.8 Å². The van der Waals surface area contributed by atoms with Crippen molar-refractivity contribution >= 4 is 21.6 Å². The van der Waals surface area contributed by atoms with Crippen molar-refractivity contribution in [2.24, 2.45) is 11.1 Å². The largest absolute Gasteiger partial charge is 0.493 e. The first-order chi connectivity index (χ1) is 14.2. The molecular formula is C21H26FN3O4S. The summed E-state index contributed by atoms with van der Waals surface area (Å²) in [6.45, 7) is 2.43. The highest BCUT2D eigenvalue weighted by Gasteiger charge is 2.19. The Kier molecular flexibility index (Phi) is 7.06. The molecule has 162 valence electrons. The van der Waals surface area contributed by atoms with Gasteiger partial charge in [0.2, 0.25) is 15.9 Å². The lowest BCUT2D eigenvalue weighted by atomic mass is 9.98. The maximum absolute atomic E-state index is 13.8. The number of rotatable bonds is 7. The van der Waals surface area contributed by atoms with E-state index in [1.807, 2.05) is 0 Å². The minimum absolute atomic E-state index is 0.162. The zero-order valence-electron chi connectivity index (χ0n) is 16.8. The first-order valence-electron chi connectivity index (χ1n) is 9.73. The highest BCUT2D eigenvalue weighted by atomic mass is 32.2. The van der Waals surface area contributed by atoms with Crippen molar-refractivity contribution in [2.45, 2.75) is 24.2 Å². The molecular weight excluding hydrogens is 409 g/mol. The summed E-state index contributed by atoms with van der Waals surface area (Å²) in [5, 5.41) is 7.87. The second kappa shape index (κ2) is 9.55. The number of likely N-dealkylation sites (tertiary alicyclic amines) is 1. The highest BCUT2D eigenvalue weighted by Crippen LogP contribution is 2.26. The van der Waals surface area contributed by atoms with Crippen LogP contribution in [0, 0.1) is 11.7 Å². The van der Waals surface area contributed by atoms with Crippen LogP contribution in [0.25, 0.3) is 0 Å². The third-order valence-electron chi connectivity index (χ3n) is 5.13. The van der Waals surface area contributed by atoms with E-state index >= 15 is 0 Å². The molecule has 1 aliphatic heterocycles. The molecule has 9 heteroatoms. The lowest BCUT2D eigenvalue weighted by molar-refractivity contribution is -0.115. The highest BCUT2D eigenvalue weighted by molar-refractivity contribution is 7.89. The van der Waals surface area contributed by atoms with E-state index in [9.17, 15) is 17.6 Å². The van der Waals surface area contributed by atoms with E-state index in [4.69, 9.17) is 9.88 Å². The van der Waals surface area contributed by atoms with Crippen LogP contribution >= 0.6 is 0 Å². The maximum Gasteiger partial charge on any atom is 0.238 e. The summed E-state index contributed by atoms with van der Waals surface area (Å²) in [5.74, 6) is -0.277. The van der Waals surface area contributed by atoms with Gasteiger partial charge in [0.15, 0.2) is 0 Å². The lowest BCUT2D eigenvalue weighted by Crippen LogP contribution is -2.32. The minimum atomic E-state index is -4.00. The molecule has 0 bridgehead atoms. The van der Waals surface area contributed by atoms with Crippen LogP contribution in [-0.4, -0.2) is 46.0 Å². The Morgan fingerprint density at radius 3 is 2.60 bits per heavy atom. The van der Waals surface area contributed by atoms with Crippen molar-refractivity contribution in [1.29, 1.82) is 0 Å². The molecule has 2 aromatic rings. The molecule has 1 fully saturated rings. The fourth-order valence-corrected chi connectivity index (χ4v) is 3.93. The number of carbonyl (C=O) groups is 1. The van der Waals surface area contributed by atoms with E-state index < -0.39 is 21.7 Å². The first kappa shape index (κ1) is 22.2. The molecule has 0 atom stereocenters. The number of piperidine rings is 1. The third kappa shape index (κ3) is 6.25. The van der Waals surface area contributed by atoms with Gasteiger partial charge in [-0.2, -0.15) is 0 Å². The molecule has 1 heterocycles. The molecule has 1 amide bonds. The van der Waals surface area contributed by atoms with E-state index in [0.29, 0.717) is 18.3 Å². The third-order valence-corrected chi connectivity index (χ3v) is 6.02. The van der Waals surface area contributed by atoms with Crippen molar-refractivity contribution in [3.8, 4) is 5.75 Å². The number of carbonyl (C=O) groups excluding carboxylic acids is 1. The standard InChI is InChI=1S/C21H26FN3O4S/c1-25-8-6-15(7-9-25)14-29-18-11-17(12-19(13-18)30(23,27)28)24-21(26)10-16-4-2-3-5-20(16)22/h2-5,11-13,15H,6-10,14H2,1H3,(H,24,26)(H2,23,27,28). The van der Waals surface area contributed by atoms with Crippen LogP contribution in [0.1, 0.15) is 18.4 Å². The molecule has 2 aromatic carbocycles. The van der Waals surface area contributed by atoms with E-state index in [2.05, 4.69) is 17.3 Å². The van der Waals surface area contributed by atoms with Gasteiger partial charge < -0.3 is 15.0 Å². The quantitative estimate of drug-likeness (QED) is 0.695. The average Bonchev–Trinajstić information content (AvgIpc) is 2.68. The van der Waals surface area contributed by atoms with Crippen LogP contribution in [0.5, 0.6) is 5.75 Å². The molecule has 1 saturated heterocycles. The van der Waals surface area contributed by atoms with Gasteiger partial charge in [0.25, 0.3) is 0 Å². The van der Waals surface area contributed by atoms with Crippen molar-refractivity contribution in [3.63, 3.8) is 0 Å². The van der Waals surface area contributed by atoms with Crippen LogP contribution < -0.4 is 15.2 Å². The molecule has 0 saturated carbocycles. The number of nitrogens with one attached hydrogen (secondary N) is 1. The molecule has 0 spiro atoms. The summed E-state index contributed by atoms with van der Waals surface area (Å²) in [6, 6.07) is 10.1. The summed E-state index contributed by atoms with van der Waals surface area (Å²) in [7, 11) is -1.93. The Hall–Kier alpha value is -2.49. The Morgan fingerprint density at radius 1 is 1.23 bits per heavy atom. The van der Waals surface area contributed by atoms with Crippen molar-refractivity contribution in [1.82, 2.24) is 4.90 Å². The SMILES string of the molecule is CN1CCC(COc2cc(NC(=O)Cc3ccccc3F)cc(S(N)(=O)=O)c2)CC1. The molecule has 7 nitrogen and oxygen atoms in total. The van der Waals surface area contributed by atoms with Gasteiger partial charge in [0, 0.05) is 17.8 Å². The van der Waals surface area contributed by atoms with Crippen LogP contribution in [0.2, 0.25) is 0 Å². The molecule has 0 aromatic heterocycles. The topological polar surface area (TPSA) is 102 Å². The van der Waals surface area contributed by atoms with Gasteiger partial charge in [0.1, 0.15) is 11.6 Å². The minimum Gasteiger partial charge on any atom is -0.493 e. The summed E-state index contributed by atoms with van der Waals surface area (Å²) in [4.78, 5) is 14.4. The fraction of sp³-hybridized carbons (Fsp3) is 0.381. The van der Waals surface area contributed by atoms with Crippen LogP contribution in [0.15, 0.2) is 47.4 Å². The first-order valence-corrected chi connectivity index (χ1v) is 11.3. The summed E-state index contributed by atoms with van der Waals surface area (Å²) in [6.07, 6.45) is 1.81. The van der Waals surface area contributed by atoms with Gasteiger partial charge in [-0.25, -0.2) is 17.9 Å². The van der Waals surface area contributed by atoms with Gasteiger partial charge in [-0.3, -0.25) is 4.79 Å². The summed E-state index contributed by atoms with van der Waals surface area (Å²) in [5.41, 5.74) is 0.470. The number of amides is 1. The molecule has 3 N–H and O–H groups in total. The maximum atomic E-state index is 13.8. The second-order valence-corrected chi connectivity index (χ2v) is 9.17. The lowest BCUT2D eigenvalue weighted by Gasteiger charge is -2.28. The Morgan fingerprint density at radius 2 is 1.93 bits per heavy atom. The number of nitrogens with two attached hydrogens (primary N) is 1. The number of halogens is 1. The fourth-order valence-electron chi connectivity index (χ4n) is 3.35. The van der Waals surface area contributed by atoms with E-state index in [0.717, 1.165) is 25.9 Å². The average molecular weight is 436 g/mol. The summed E-state index contributed by atoms with van der Waals surface area (Å²) < 4.78 is 43.3. The van der Waals surface area contributed by atoms with E-state index in [1.54, 1.807) is 18.2 Å². The van der Waals surface area contributed by atoms with Crippen molar-refractivity contribution < 1.29 is 22.3 Å². The zero-order chi connectivity index (χ0) is 21.7. The number of benzene rings is 2. The zero-order valence-corrected chi connectivity index (χ0v) is 17.6. The number of anilines is 1. The molecule has 0 unspecified atom stereocenters. The smallest absolute Gasteiger partial charge is 0.238 e. The predicted octanol–water partition coefficient (Wildman–Crippen LogP) is 2.37. The molecule has 0 aliphatic carbocycles. The predicted molar refractivity (Wildman–Crippen MR) is 112 cm³/mol. The number of ether oxygens (including phenoxy) is 1. The van der Waals surface area contributed by atoms with Crippen LogP contribution in [-0.2, 0) is 21.2 Å². The van der Waals surface area contributed by atoms with Crippen LogP contribution in [0.3, 0.4) is 0 Å². The summed E-state index contributed by atoms with van der Waals surface area (Å²) >= 11 is 0.